The van der Waals surface area contributed by atoms with Crippen molar-refractivity contribution in [3.63, 3.8) is 0 Å². The van der Waals surface area contributed by atoms with Crippen molar-refractivity contribution in [3.8, 4) is 0 Å². The van der Waals surface area contributed by atoms with Gasteiger partial charge >= 0.3 is 0 Å². The van der Waals surface area contributed by atoms with E-state index in [-0.39, 0.29) is 17.3 Å². The monoisotopic (exact) mass is 309 g/mol. The van der Waals surface area contributed by atoms with Gasteiger partial charge in [0.1, 0.15) is 10.7 Å². The normalized spacial score (nSPS) is 12.1. The third-order valence-electron chi connectivity index (χ3n) is 2.66. The Labute approximate surface area is 118 Å². The maximum absolute atomic E-state index is 13.7. The average Bonchev–Trinajstić information content (AvgIpc) is 2.39. The molecule has 1 aromatic carbocycles. The van der Waals surface area contributed by atoms with E-state index in [0.29, 0.717) is 18.6 Å². The Hall–Kier alpha value is -0.690. The van der Waals surface area contributed by atoms with E-state index in [9.17, 15) is 12.8 Å². The molecule has 0 fully saturated rings. The van der Waals surface area contributed by atoms with Crippen molar-refractivity contribution in [2.24, 2.45) is 0 Å². The van der Waals surface area contributed by atoms with Gasteiger partial charge in [-0.05, 0) is 24.1 Å². The van der Waals surface area contributed by atoms with Crippen molar-refractivity contribution in [3.05, 3.63) is 29.6 Å². The smallest absolute Gasteiger partial charge is 0.245 e. The lowest BCUT2D eigenvalue weighted by molar-refractivity contribution is 0.189. The molecule has 0 saturated heterocycles. The summed E-state index contributed by atoms with van der Waals surface area (Å²) in [6.07, 6.45) is 0.545. The minimum Gasteiger partial charge on any atom is -0.385 e. The SMILES string of the molecule is COCCCN(C)S(=O)(=O)c1cc(CCl)ccc1F. The highest BCUT2D eigenvalue weighted by Crippen LogP contribution is 2.21. The summed E-state index contributed by atoms with van der Waals surface area (Å²) in [5.41, 5.74) is 0.562. The van der Waals surface area contributed by atoms with E-state index < -0.39 is 15.8 Å². The number of hydrogen-bond donors (Lipinski definition) is 0. The molecule has 0 N–H and O–H groups in total. The van der Waals surface area contributed by atoms with Crippen LogP contribution in [0.4, 0.5) is 4.39 Å². The van der Waals surface area contributed by atoms with Crippen LogP contribution < -0.4 is 0 Å². The molecular formula is C12H17ClFNO3S. The highest BCUT2D eigenvalue weighted by molar-refractivity contribution is 7.89. The zero-order valence-corrected chi connectivity index (χ0v) is 12.5. The largest absolute Gasteiger partial charge is 0.385 e. The summed E-state index contributed by atoms with van der Waals surface area (Å²) in [6.45, 7) is 0.713. The van der Waals surface area contributed by atoms with Crippen molar-refractivity contribution < 1.29 is 17.5 Å². The summed E-state index contributed by atoms with van der Waals surface area (Å²) >= 11 is 5.64. The fourth-order valence-corrected chi connectivity index (χ4v) is 3.03. The number of alkyl halides is 1. The van der Waals surface area contributed by atoms with Crippen LogP contribution in [0.25, 0.3) is 0 Å². The molecule has 0 amide bonds. The molecule has 0 radical (unpaired) electrons. The highest BCUT2D eigenvalue weighted by Gasteiger charge is 2.24. The molecule has 108 valence electrons. The Kier molecular flexibility index (Phi) is 6.19. The zero-order valence-electron chi connectivity index (χ0n) is 10.9. The second-order valence-electron chi connectivity index (χ2n) is 4.07. The van der Waals surface area contributed by atoms with E-state index in [1.165, 1.54) is 26.3 Å². The third kappa shape index (κ3) is 4.14. The van der Waals surface area contributed by atoms with Gasteiger partial charge in [0.2, 0.25) is 10.0 Å². The van der Waals surface area contributed by atoms with Crippen LogP contribution in [-0.4, -0.2) is 40.0 Å². The van der Waals surface area contributed by atoms with Gasteiger partial charge in [-0.25, -0.2) is 17.1 Å². The number of benzene rings is 1. The second kappa shape index (κ2) is 7.19. The molecule has 1 aromatic rings. The minimum absolute atomic E-state index is 0.135. The third-order valence-corrected chi connectivity index (χ3v) is 4.84. The van der Waals surface area contributed by atoms with E-state index in [4.69, 9.17) is 16.3 Å². The van der Waals surface area contributed by atoms with Crippen LogP contribution in [0, 0.1) is 5.82 Å². The minimum atomic E-state index is -3.84. The fourth-order valence-electron chi connectivity index (χ4n) is 1.55. The summed E-state index contributed by atoms with van der Waals surface area (Å²) in [5.74, 6) is -0.636. The van der Waals surface area contributed by atoms with Crippen LogP contribution in [-0.2, 0) is 20.6 Å². The Bertz CT molecular complexity index is 522. The Morgan fingerprint density at radius 3 is 2.68 bits per heavy atom. The van der Waals surface area contributed by atoms with Gasteiger partial charge in [0.25, 0.3) is 0 Å². The van der Waals surface area contributed by atoms with E-state index in [1.807, 2.05) is 0 Å². The molecule has 0 bridgehead atoms. The topological polar surface area (TPSA) is 46.6 Å². The molecule has 0 saturated carbocycles. The lowest BCUT2D eigenvalue weighted by atomic mass is 10.2. The predicted molar refractivity (Wildman–Crippen MR) is 72.3 cm³/mol. The highest BCUT2D eigenvalue weighted by atomic mass is 35.5. The van der Waals surface area contributed by atoms with Gasteiger partial charge in [0.15, 0.2) is 0 Å². The van der Waals surface area contributed by atoms with Crippen molar-refractivity contribution in [2.75, 3.05) is 27.3 Å². The molecule has 0 aliphatic rings. The summed E-state index contributed by atoms with van der Waals surface area (Å²) in [6, 6.07) is 3.85. The van der Waals surface area contributed by atoms with Crippen LogP contribution in [0.15, 0.2) is 23.1 Å². The summed E-state index contributed by atoms with van der Waals surface area (Å²) in [5, 5.41) is 0. The predicted octanol–water partition coefficient (Wildman–Crippen LogP) is 2.22. The Morgan fingerprint density at radius 2 is 2.11 bits per heavy atom. The quantitative estimate of drug-likeness (QED) is 0.573. The molecule has 0 heterocycles. The first-order chi connectivity index (χ1) is 8.93. The van der Waals surface area contributed by atoms with Crippen LogP contribution >= 0.6 is 11.6 Å². The Morgan fingerprint density at radius 1 is 1.42 bits per heavy atom. The van der Waals surface area contributed by atoms with Gasteiger partial charge in [-0.15, -0.1) is 11.6 Å². The molecule has 0 aromatic heterocycles. The fraction of sp³-hybridized carbons (Fsp3) is 0.500. The number of nitrogens with zero attached hydrogens (tertiary/aromatic N) is 1. The van der Waals surface area contributed by atoms with Gasteiger partial charge in [0.05, 0.1) is 0 Å². The molecule has 4 nitrogen and oxygen atoms in total. The van der Waals surface area contributed by atoms with Crippen molar-refractivity contribution in [1.29, 1.82) is 0 Å². The van der Waals surface area contributed by atoms with E-state index >= 15 is 0 Å². The van der Waals surface area contributed by atoms with Crippen LogP contribution in [0.5, 0.6) is 0 Å². The number of hydrogen-bond acceptors (Lipinski definition) is 3. The first kappa shape index (κ1) is 16.4. The second-order valence-corrected chi connectivity index (χ2v) is 6.35. The van der Waals surface area contributed by atoms with Crippen molar-refractivity contribution >= 4 is 21.6 Å². The van der Waals surface area contributed by atoms with Gasteiger partial charge in [-0.1, -0.05) is 6.07 Å². The van der Waals surface area contributed by atoms with E-state index in [0.717, 1.165) is 10.4 Å². The van der Waals surface area contributed by atoms with Gasteiger partial charge in [-0.2, -0.15) is 0 Å². The van der Waals surface area contributed by atoms with E-state index in [2.05, 4.69) is 0 Å². The molecule has 1 rings (SSSR count). The molecule has 0 atom stereocenters. The molecule has 0 aliphatic carbocycles. The number of rotatable bonds is 7. The molecule has 0 spiro atoms. The number of halogens is 2. The maximum Gasteiger partial charge on any atom is 0.245 e. The number of methoxy groups -OCH3 is 1. The van der Waals surface area contributed by atoms with E-state index in [1.54, 1.807) is 0 Å². The molecule has 19 heavy (non-hydrogen) atoms. The number of sulfonamides is 1. The first-order valence-electron chi connectivity index (χ1n) is 5.73. The van der Waals surface area contributed by atoms with Gasteiger partial charge in [-0.3, -0.25) is 0 Å². The van der Waals surface area contributed by atoms with Crippen molar-refractivity contribution in [2.45, 2.75) is 17.2 Å². The summed E-state index contributed by atoms with van der Waals surface area (Å²) < 4.78 is 44.1. The lowest BCUT2D eigenvalue weighted by Gasteiger charge is -2.17. The zero-order chi connectivity index (χ0) is 14.5. The molecular weight excluding hydrogens is 293 g/mol. The van der Waals surface area contributed by atoms with Crippen LogP contribution in [0.3, 0.4) is 0 Å². The molecule has 0 unspecified atom stereocenters. The maximum atomic E-state index is 13.7. The van der Waals surface area contributed by atoms with Gasteiger partial charge in [0, 0.05) is 33.2 Å². The van der Waals surface area contributed by atoms with Gasteiger partial charge < -0.3 is 4.74 Å². The lowest BCUT2D eigenvalue weighted by Crippen LogP contribution is -2.29. The summed E-state index contributed by atoms with van der Waals surface area (Å²) in [4.78, 5) is -0.342. The number of ether oxygens (including phenoxy) is 1. The molecule has 7 heteroatoms. The van der Waals surface area contributed by atoms with Crippen molar-refractivity contribution in [1.82, 2.24) is 4.31 Å². The van der Waals surface area contributed by atoms with Crippen LogP contribution in [0.2, 0.25) is 0 Å². The Balaban J connectivity index is 2.99. The first-order valence-corrected chi connectivity index (χ1v) is 7.70. The standard InChI is InChI=1S/C12H17ClFNO3S/c1-15(6-3-7-18-2)19(16,17)12-8-10(9-13)4-5-11(12)14/h4-5,8H,3,6-7,9H2,1-2H3. The molecule has 0 aliphatic heterocycles. The summed E-state index contributed by atoms with van der Waals surface area (Å²) in [7, 11) is -0.884. The average molecular weight is 310 g/mol. The van der Waals surface area contributed by atoms with Crippen LogP contribution in [0.1, 0.15) is 12.0 Å².